The minimum atomic E-state index is -1.26. The number of carboxylic acid groups (broad SMARTS) is 1. The third-order valence-corrected chi connectivity index (χ3v) is 4.75. The van der Waals surface area contributed by atoms with Crippen LogP contribution in [0.2, 0.25) is 0 Å². The maximum Gasteiger partial charge on any atom is 0.319 e. The van der Waals surface area contributed by atoms with Crippen molar-refractivity contribution in [3.63, 3.8) is 0 Å². The van der Waals surface area contributed by atoms with Gasteiger partial charge in [0.05, 0.1) is 4.92 Å². The largest absolute Gasteiger partial charge is 0.480 e. The summed E-state index contributed by atoms with van der Waals surface area (Å²) in [4.78, 5) is 49.2. The number of carbonyl (C=O) groups is 3. The minimum Gasteiger partial charge on any atom is -0.480 e. The van der Waals surface area contributed by atoms with Gasteiger partial charge in [-0.15, -0.1) is 0 Å². The van der Waals surface area contributed by atoms with Crippen LogP contribution >= 0.6 is 0 Å². The lowest BCUT2D eigenvalue weighted by Gasteiger charge is -2.36. The van der Waals surface area contributed by atoms with Gasteiger partial charge in [0.1, 0.15) is 5.41 Å². The maximum atomic E-state index is 12.4. The molecule has 0 aromatic heterocycles. The quantitative estimate of drug-likeness (QED) is 0.487. The molecule has 1 saturated carbocycles. The Labute approximate surface area is 143 Å². The molecule has 2 amide bonds. The predicted octanol–water partition coefficient (Wildman–Crippen LogP) is 0.744. The van der Waals surface area contributed by atoms with Crippen molar-refractivity contribution in [3.8, 4) is 0 Å². The van der Waals surface area contributed by atoms with Crippen LogP contribution in [-0.2, 0) is 9.59 Å². The molecule has 9 nitrogen and oxygen atoms in total. The van der Waals surface area contributed by atoms with Gasteiger partial charge in [-0.2, -0.15) is 0 Å². The van der Waals surface area contributed by atoms with E-state index in [-0.39, 0.29) is 30.6 Å². The summed E-state index contributed by atoms with van der Waals surface area (Å²) < 4.78 is 0. The third kappa shape index (κ3) is 3.04. The van der Waals surface area contributed by atoms with Gasteiger partial charge in [-0.3, -0.25) is 24.5 Å². The normalized spacial score (nSPS) is 18.6. The lowest BCUT2D eigenvalue weighted by molar-refractivity contribution is -0.384. The van der Waals surface area contributed by atoms with E-state index in [2.05, 4.69) is 0 Å². The fourth-order valence-electron chi connectivity index (χ4n) is 2.97. The van der Waals surface area contributed by atoms with Gasteiger partial charge < -0.3 is 14.9 Å². The van der Waals surface area contributed by atoms with Crippen LogP contribution in [0.15, 0.2) is 24.3 Å². The molecule has 1 aromatic carbocycles. The van der Waals surface area contributed by atoms with Crippen molar-refractivity contribution in [1.82, 2.24) is 9.80 Å². The van der Waals surface area contributed by atoms with Crippen molar-refractivity contribution < 1.29 is 24.4 Å². The summed E-state index contributed by atoms with van der Waals surface area (Å²) in [6.45, 7) is 1.17. The van der Waals surface area contributed by atoms with Crippen molar-refractivity contribution in [2.45, 2.75) is 12.8 Å². The average molecular weight is 347 g/mol. The summed E-state index contributed by atoms with van der Waals surface area (Å²) in [6.07, 6.45) is 0.728. The molecule has 1 saturated heterocycles. The first-order chi connectivity index (χ1) is 11.8. The number of amides is 2. The molecule has 0 spiro atoms. The fourth-order valence-corrected chi connectivity index (χ4v) is 2.97. The van der Waals surface area contributed by atoms with Gasteiger partial charge in [0.25, 0.3) is 11.6 Å². The number of rotatable bonds is 4. The van der Waals surface area contributed by atoms with Crippen molar-refractivity contribution >= 4 is 23.5 Å². The van der Waals surface area contributed by atoms with Gasteiger partial charge in [-0.25, -0.2) is 0 Å². The SMILES string of the molecule is O=C(c1ccc([N+](=O)[O-])cc1)N1CCN(C(=O)C2(C(=O)O)CC2)CC1. The second kappa shape index (κ2) is 6.15. The maximum absolute atomic E-state index is 12.4. The summed E-state index contributed by atoms with van der Waals surface area (Å²) >= 11 is 0. The number of piperazine rings is 1. The number of hydrogen-bond donors (Lipinski definition) is 1. The van der Waals surface area contributed by atoms with Crippen LogP contribution in [0.3, 0.4) is 0 Å². The monoisotopic (exact) mass is 347 g/mol. The number of nitro benzene ring substituents is 1. The zero-order chi connectivity index (χ0) is 18.2. The lowest BCUT2D eigenvalue weighted by atomic mass is 10.1. The van der Waals surface area contributed by atoms with Crippen LogP contribution in [0, 0.1) is 15.5 Å². The second-order valence-corrected chi connectivity index (χ2v) is 6.28. The molecular formula is C16H17N3O6. The van der Waals surface area contributed by atoms with E-state index < -0.39 is 16.3 Å². The predicted molar refractivity (Wildman–Crippen MR) is 84.9 cm³/mol. The molecule has 0 atom stereocenters. The topological polar surface area (TPSA) is 121 Å². The van der Waals surface area contributed by atoms with E-state index in [4.69, 9.17) is 0 Å². The highest BCUT2D eigenvalue weighted by Crippen LogP contribution is 2.47. The van der Waals surface area contributed by atoms with Gasteiger partial charge >= 0.3 is 5.97 Å². The van der Waals surface area contributed by atoms with Gasteiger partial charge in [-0.1, -0.05) is 0 Å². The highest BCUT2D eigenvalue weighted by Gasteiger charge is 2.58. The van der Waals surface area contributed by atoms with E-state index in [1.54, 1.807) is 4.90 Å². The Bertz CT molecular complexity index is 733. The molecule has 0 unspecified atom stereocenters. The van der Waals surface area contributed by atoms with E-state index in [1.807, 2.05) is 0 Å². The van der Waals surface area contributed by atoms with Crippen LogP contribution in [0.1, 0.15) is 23.2 Å². The molecule has 25 heavy (non-hydrogen) atoms. The number of nitro groups is 1. The second-order valence-electron chi connectivity index (χ2n) is 6.28. The minimum absolute atomic E-state index is 0.0876. The fraction of sp³-hybridized carbons (Fsp3) is 0.438. The average Bonchev–Trinajstić information content (AvgIpc) is 3.43. The molecule has 2 aliphatic rings. The molecule has 3 rings (SSSR count). The van der Waals surface area contributed by atoms with Crippen molar-refractivity contribution in [3.05, 3.63) is 39.9 Å². The van der Waals surface area contributed by atoms with E-state index >= 15 is 0 Å². The Hall–Kier alpha value is -2.97. The molecule has 1 heterocycles. The van der Waals surface area contributed by atoms with E-state index in [9.17, 15) is 29.6 Å². The Balaban J connectivity index is 1.60. The summed E-state index contributed by atoms with van der Waals surface area (Å²) in [5.41, 5.74) is -1.00. The van der Waals surface area contributed by atoms with Crippen LogP contribution in [-0.4, -0.2) is 63.8 Å². The number of benzene rings is 1. The van der Waals surface area contributed by atoms with Gasteiger partial charge in [0.15, 0.2) is 0 Å². The molecule has 1 aliphatic heterocycles. The molecule has 1 aromatic rings. The smallest absolute Gasteiger partial charge is 0.319 e. The van der Waals surface area contributed by atoms with Crippen molar-refractivity contribution in [1.29, 1.82) is 0 Å². The molecule has 2 fully saturated rings. The Kier molecular flexibility index (Phi) is 4.15. The zero-order valence-corrected chi connectivity index (χ0v) is 13.4. The van der Waals surface area contributed by atoms with E-state index in [1.165, 1.54) is 29.2 Å². The number of non-ortho nitro benzene ring substituents is 1. The van der Waals surface area contributed by atoms with E-state index in [0.717, 1.165) is 0 Å². The van der Waals surface area contributed by atoms with Gasteiger partial charge in [0.2, 0.25) is 5.91 Å². The Morgan fingerprint density at radius 3 is 1.96 bits per heavy atom. The summed E-state index contributed by atoms with van der Waals surface area (Å²) in [7, 11) is 0. The van der Waals surface area contributed by atoms with Crippen molar-refractivity contribution in [2.24, 2.45) is 5.41 Å². The number of aliphatic carboxylic acids is 1. The Morgan fingerprint density at radius 2 is 1.52 bits per heavy atom. The molecular weight excluding hydrogens is 330 g/mol. The molecule has 1 aliphatic carbocycles. The first-order valence-corrected chi connectivity index (χ1v) is 7.92. The summed E-state index contributed by atoms with van der Waals surface area (Å²) in [5, 5.41) is 19.8. The first-order valence-electron chi connectivity index (χ1n) is 7.92. The van der Waals surface area contributed by atoms with Crippen molar-refractivity contribution in [2.75, 3.05) is 26.2 Å². The molecule has 1 N–H and O–H groups in total. The molecule has 0 bridgehead atoms. The third-order valence-electron chi connectivity index (χ3n) is 4.75. The van der Waals surface area contributed by atoms with Gasteiger partial charge in [0, 0.05) is 43.9 Å². The molecule has 132 valence electrons. The number of nitrogens with zero attached hydrogens (tertiary/aromatic N) is 3. The number of carboxylic acids is 1. The number of hydrogen-bond acceptors (Lipinski definition) is 5. The van der Waals surface area contributed by atoms with Crippen LogP contribution in [0.25, 0.3) is 0 Å². The first kappa shape index (κ1) is 16.9. The van der Waals surface area contributed by atoms with Crippen LogP contribution in [0.4, 0.5) is 5.69 Å². The molecule has 0 radical (unpaired) electrons. The van der Waals surface area contributed by atoms with Gasteiger partial charge in [-0.05, 0) is 25.0 Å². The standard InChI is InChI=1S/C16H17N3O6/c20-13(11-1-3-12(4-2-11)19(24)25)17-7-9-18(10-8-17)14(21)16(5-6-16)15(22)23/h1-4H,5-10H2,(H,22,23). The lowest BCUT2D eigenvalue weighted by Crippen LogP contribution is -2.53. The highest BCUT2D eigenvalue weighted by molar-refractivity contribution is 6.05. The summed E-state index contributed by atoms with van der Waals surface area (Å²) in [6, 6.07) is 5.36. The Morgan fingerprint density at radius 1 is 1.00 bits per heavy atom. The van der Waals surface area contributed by atoms with Crippen LogP contribution < -0.4 is 0 Å². The number of carbonyl (C=O) groups excluding carboxylic acids is 2. The summed E-state index contributed by atoms with van der Waals surface area (Å²) in [5.74, 6) is -1.72. The van der Waals surface area contributed by atoms with E-state index in [0.29, 0.717) is 31.5 Å². The highest BCUT2D eigenvalue weighted by atomic mass is 16.6. The van der Waals surface area contributed by atoms with Crippen LogP contribution in [0.5, 0.6) is 0 Å². The molecule has 9 heteroatoms. The zero-order valence-electron chi connectivity index (χ0n) is 13.4.